The SMILES string of the molecule is CCCCC#CC(O)(c1ccccc1)c1c[nH]c2ccccc12. The second-order valence-electron chi connectivity index (χ2n) is 5.73. The van der Waals surface area contributed by atoms with Gasteiger partial charge in [-0.2, -0.15) is 0 Å². The summed E-state index contributed by atoms with van der Waals surface area (Å²) in [6.07, 6.45) is 4.82. The topological polar surface area (TPSA) is 36.0 Å². The van der Waals surface area contributed by atoms with Crippen molar-refractivity contribution < 1.29 is 5.11 Å². The van der Waals surface area contributed by atoms with Crippen LogP contribution in [-0.4, -0.2) is 10.1 Å². The third kappa shape index (κ3) is 3.02. The predicted octanol–water partition coefficient (Wildman–Crippen LogP) is 4.60. The normalized spacial score (nSPS) is 13.3. The number of H-pyrrole nitrogens is 1. The first-order chi connectivity index (χ1) is 11.3. The summed E-state index contributed by atoms with van der Waals surface area (Å²) in [5.41, 5.74) is 1.32. The maximum atomic E-state index is 11.4. The minimum absolute atomic E-state index is 0.800. The minimum Gasteiger partial charge on any atom is -0.369 e. The van der Waals surface area contributed by atoms with Crippen LogP contribution in [0, 0.1) is 11.8 Å². The predicted molar refractivity (Wildman–Crippen MR) is 95.0 cm³/mol. The summed E-state index contributed by atoms with van der Waals surface area (Å²) in [6, 6.07) is 17.7. The maximum absolute atomic E-state index is 11.4. The monoisotopic (exact) mass is 303 g/mol. The minimum atomic E-state index is -1.30. The largest absolute Gasteiger partial charge is 0.369 e. The molecule has 2 N–H and O–H groups in total. The number of aromatic amines is 1. The van der Waals surface area contributed by atoms with Crippen molar-refractivity contribution in [2.75, 3.05) is 0 Å². The molecular weight excluding hydrogens is 282 g/mol. The molecule has 23 heavy (non-hydrogen) atoms. The van der Waals surface area contributed by atoms with Gasteiger partial charge in [0.1, 0.15) is 0 Å². The van der Waals surface area contributed by atoms with E-state index in [0.29, 0.717) is 0 Å². The van der Waals surface area contributed by atoms with Gasteiger partial charge in [-0.05, 0) is 12.5 Å². The van der Waals surface area contributed by atoms with Gasteiger partial charge in [0.25, 0.3) is 0 Å². The molecule has 0 spiro atoms. The number of benzene rings is 2. The smallest absolute Gasteiger partial charge is 0.178 e. The lowest BCUT2D eigenvalue weighted by molar-refractivity contribution is 0.147. The number of hydrogen-bond donors (Lipinski definition) is 2. The second-order valence-corrected chi connectivity index (χ2v) is 5.73. The number of unbranched alkanes of at least 4 members (excludes halogenated alkanes) is 2. The Morgan fingerprint density at radius 1 is 1.04 bits per heavy atom. The second kappa shape index (κ2) is 6.73. The van der Waals surface area contributed by atoms with Gasteiger partial charge in [0.2, 0.25) is 0 Å². The van der Waals surface area contributed by atoms with Gasteiger partial charge in [0.05, 0.1) is 0 Å². The van der Waals surface area contributed by atoms with E-state index in [2.05, 4.69) is 23.7 Å². The molecule has 2 aromatic carbocycles. The number of aromatic nitrogens is 1. The molecule has 0 aliphatic heterocycles. The fraction of sp³-hybridized carbons (Fsp3) is 0.238. The highest BCUT2D eigenvalue weighted by Gasteiger charge is 2.31. The van der Waals surface area contributed by atoms with E-state index >= 15 is 0 Å². The molecule has 116 valence electrons. The van der Waals surface area contributed by atoms with Crippen LogP contribution >= 0.6 is 0 Å². The number of rotatable bonds is 4. The van der Waals surface area contributed by atoms with E-state index in [4.69, 9.17) is 0 Å². The Kier molecular flexibility index (Phi) is 4.50. The summed E-state index contributed by atoms with van der Waals surface area (Å²) < 4.78 is 0. The highest BCUT2D eigenvalue weighted by Crippen LogP contribution is 2.34. The van der Waals surface area contributed by atoms with Crippen LogP contribution in [-0.2, 0) is 5.60 Å². The number of nitrogens with one attached hydrogen (secondary N) is 1. The van der Waals surface area contributed by atoms with Crippen LogP contribution in [0.1, 0.15) is 37.3 Å². The van der Waals surface area contributed by atoms with Crippen molar-refractivity contribution in [1.82, 2.24) is 4.98 Å². The summed E-state index contributed by atoms with van der Waals surface area (Å²) in [7, 11) is 0. The average Bonchev–Trinajstić information content (AvgIpc) is 3.04. The maximum Gasteiger partial charge on any atom is 0.178 e. The summed E-state index contributed by atoms with van der Waals surface area (Å²) in [5, 5.41) is 12.4. The molecule has 0 fully saturated rings. The van der Waals surface area contributed by atoms with Crippen LogP contribution in [0.25, 0.3) is 10.9 Å². The van der Waals surface area contributed by atoms with E-state index in [0.717, 1.165) is 41.3 Å². The number of fused-ring (bicyclic) bond motifs is 1. The average molecular weight is 303 g/mol. The van der Waals surface area contributed by atoms with Gasteiger partial charge in [-0.1, -0.05) is 73.7 Å². The van der Waals surface area contributed by atoms with E-state index in [1.54, 1.807) is 0 Å². The third-order valence-corrected chi connectivity index (χ3v) is 4.10. The molecule has 0 aliphatic rings. The van der Waals surface area contributed by atoms with Crippen LogP contribution in [0.15, 0.2) is 60.8 Å². The highest BCUT2D eigenvalue weighted by molar-refractivity contribution is 5.85. The highest BCUT2D eigenvalue weighted by atomic mass is 16.3. The molecule has 0 radical (unpaired) electrons. The van der Waals surface area contributed by atoms with Gasteiger partial charge in [0, 0.05) is 34.6 Å². The van der Waals surface area contributed by atoms with E-state index in [1.165, 1.54) is 0 Å². The van der Waals surface area contributed by atoms with Gasteiger partial charge in [-0.3, -0.25) is 0 Å². The fourth-order valence-electron chi connectivity index (χ4n) is 2.80. The standard InChI is InChI=1S/C21H21NO/c1-2-3-4-10-15-21(23,17-11-6-5-7-12-17)19-16-22-20-14-9-8-13-18(19)20/h5-9,11-14,16,22-23H,2-4H2,1H3. The molecule has 0 amide bonds. The Balaban J connectivity index is 2.13. The molecular formula is C21H21NO. The molecule has 1 unspecified atom stereocenters. The van der Waals surface area contributed by atoms with Crippen LogP contribution in [0.5, 0.6) is 0 Å². The summed E-state index contributed by atoms with van der Waals surface area (Å²) in [4.78, 5) is 3.24. The summed E-state index contributed by atoms with van der Waals surface area (Å²) in [6.45, 7) is 2.14. The molecule has 0 aliphatic carbocycles. The molecule has 0 bridgehead atoms. The quantitative estimate of drug-likeness (QED) is 0.536. The Bertz CT molecular complexity index is 838. The first-order valence-corrected chi connectivity index (χ1v) is 8.10. The van der Waals surface area contributed by atoms with Crippen molar-refractivity contribution in [3.63, 3.8) is 0 Å². The van der Waals surface area contributed by atoms with Crippen LogP contribution < -0.4 is 0 Å². The van der Waals surface area contributed by atoms with Gasteiger partial charge >= 0.3 is 0 Å². The molecule has 1 aromatic heterocycles. The van der Waals surface area contributed by atoms with Crippen molar-refractivity contribution in [3.8, 4) is 11.8 Å². The first kappa shape index (κ1) is 15.4. The van der Waals surface area contributed by atoms with Crippen LogP contribution in [0.3, 0.4) is 0 Å². The van der Waals surface area contributed by atoms with Crippen molar-refractivity contribution in [3.05, 3.63) is 71.9 Å². The Labute approximate surface area is 137 Å². The van der Waals surface area contributed by atoms with Crippen LogP contribution in [0.4, 0.5) is 0 Å². The molecule has 0 saturated heterocycles. The third-order valence-electron chi connectivity index (χ3n) is 4.10. The van der Waals surface area contributed by atoms with Gasteiger partial charge < -0.3 is 10.1 Å². The van der Waals surface area contributed by atoms with E-state index in [9.17, 15) is 5.11 Å². The summed E-state index contributed by atoms with van der Waals surface area (Å²) >= 11 is 0. The fourth-order valence-corrected chi connectivity index (χ4v) is 2.80. The van der Waals surface area contributed by atoms with Crippen molar-refractivity contribution >= 4 is 10.9 Å². The first-order valence-electron chi connectivity index (χ1n) is 8.10. The van der Waals surface area contributed by atoms with Crippen molar-refractivity contribution in [2.24, 2.45) is 0 Å². The van der Waals surface area contributed by atoms with Gasteiger partial charge in [-0.15, -0.1) is 0 Å². The molecule has 1 atom stereocenters. The molecule has 3 rings (SSSR count). The lowest BCUT2D eigenvalue weighted by Gasteiger charge is -2.22. The van der Waals surface area contributed by atoms with E-state index in [-0.39, 0.29) is 0 Å². The molecule has 1 heterocycles. The Morgan fingerprint density at radius 2 is 1.78 bits per heavy atom. The van der Waals surface area contributed by atoms with E-state index < -0.39 is 5.60 Å². The van der Waals surface area contributed by atoms with Crippen LogP contribution in [0.2, 0.25) is 0 Å². The zero-order chi connectivity index (χ0) is 16.1. The van der Waals surface area contributed by atoms with Gasteiger partial charge in [0.15, 0.2) is 5.60 Å². The number of hydrogen-bond acceptors (Lipinski definition) is 1. The van der Waals surface area contributed by atoms with Crippen molar-refractivity contribution in [2.45, 2.75) is 31.8 Å². The van der Waals surface area contributed by atoms with Gasteiger partial charge in [-0.25, -0.2) is 0 Å². The Morgan fingerprint density at radius 3 is 2.57 bits per heavy atom. The lowest BCUT2D eigenvalue weighted by Crippen LogP contribution is -2.25. The molecule has 3 aromatic rings. The molecule has 2 heteroatoms. The van der Waals surface area contributed by atoms with Crippen molar-refractivity contribution in [1.29, 1.82) is 0 Å². The number of aliphatic hydroxyl groups is 1. The molecule has 0 saturated carbocycles. The molecule has 2 nitrogen and oxygen atoms in total. The summed E-state index contributed by atoms with van der Waals surface area (Å²) in [5.74, 6) is 6.29. The zero-order valence-corrected chi connectivity index (χ0v) is 13.3. The lowest BCUT2D eigenvalue weighted by atomic mass is 9.86. The number of para-hydroxylation sites is 1. The zero-order valence-electron chi connectivity index (χ0n) is 13.3. The van der Waals surface area contributed by atoms with E-state index in [1.807, 2.05) is 60.8 Å². The Hall–Kier alpha value is -2.50.